The topological polar surface area (TPSA) is 29.5 Å². The molecule has 0 spiro atoms. The quantitative estimate of drug-likeness (QED) is 0.231. The van der Waals surface area contributed by atoms with Gasteiger partial charge in [0, 0.05) is 13.5 Å². The molecule has 0 aromatic heterocycles. The van der Waals surface area contributed by atoms with Gasteiger partial charge < -0.3 is 9.64 Å². The van der Waals surface area contributed by atoms with Gasteiger partial charge in [0.05, 0.1) is 0 Å². The fourth-order valence-corrected chi connectivity index (χ4v) is 5.50. The number of allylic oxidation sites excluding steroid dienone is 1. The van der Waals surface area contributed by atoms with Crippen LogP contribution in [0, 0.1) is 5.92 Å². The van der Waals surface area contributed by atoms with Crippen molar-refractivity contribution in [3.05, 3.63) is 42.5 Å². The normalized spacial score (nSPS) is 25.1. The van der Waals surface area contributed by atoms with Crippen LogP contribution in [-0.2, 0) is 10.2 Å². The molecule has 1 aliphatic heterocycles. The van der Waals surface area contributed by atoms with Gasteiger partial charge in [-0.1, -0.05) is 37.5 Å². The largest absolute Gasteiger partial charge is 0.427 e. The van der Waals surface area contributed by atoms with Crippen molar-refractivity contribution in [1.29, 1.82) is 0 Å². The Morgan fingerprint density at radius 1 is 1.25 bits per heavy atom. The van der Waals surface area contributed by atoms with Crippen molar-refractivity contribution >= 4 is 5.97 Å². The highest BCUT2D eigenvalue weighted by molar-refractivity contribution is 5.69. The van der Waals surface area contributed by atoms with Crippen molar-refractivity contribution in [2.45, 2.75) is 76.5 Å². The molecule has 2 unspecified atom stereocenters. The predicted molar refractivity (Wildman–Crippen MR) is 116 cm³/mol. The van der Waals surface area contributed by atoms with Crippen LogP contribution in [0.1, 0.15) is 76.7 Å². The monoisotopic (exact) mass is 383 g/mol. The lowest BCUT2D eigenvalue weighted by Crippen LogP contribution is -2.36. The second-order valence-corrected chi connectivity index (χ2v) is 8.76. The number of fused-ring (bicyclic) bond motifs is 1. The molecule has 1 heterocycles. The van der Waals surface area contributed by atoms with Gasteiger partial charge in [0.1, 0.15) is 5.75 Å². The molecule has 0 radical (unpaired) electrons. The SMILES string of the molecule is C=CCCCCCCN1CCCC2(c3cccc(OC(C)=O)c3)CCCC2C1. The fraction of sp³-hybridized carbons (Fsp3) is 0.640. The number of esters is 1. The lowest BCUT2D eigenvalue weighted by atomic mass is 9.69. The summed E-state index contributed by atoms with van der Waals surface area (Å²) >= 11 is 0. The highest BCUT2D eigenvalue weighted by Gasteiger charge is 2.45. The van der Waals surface area contributed by atoms with E-state index < -0.39 is 0 Å². The van der Waals surface area contributed by atoms with Crippen LogP contribution < -0.4 is 4.74 Å². The summed E-state index contributed by atoms with van der Waals surface area (Å²) in [7, 11) is 0. The van der Waals surface area contributed by atoms with Crippen LogP contribution in [0.5, 0.6) is 5.75 Å². The molecule has 0 bridgehead atoms. The molecule has 28 heavy (non-hydrogen) atoms. The number of rotatable bonds is 9. The van der Waals surface area contributed by atoms with Gasteiger partial charge in [-0.3, -0.25) is 4.79 Å². The van der Waals surface area contributed by atoms with Crippen molar-refractivity contribution in [3.8, 4) is 5.75 Å². The third-order valence-corrected chi connectivity index (χ3v) is 6.84. The van der Waals surface area contributed by atoms with Gasteiger partial charge in [0.2, 0.25) is 0 Å². The first kappa shape index (κ1) is 21.1. The van der Waals surface area contributed by atoms with Crippen LogP contribution in [0.15, 0.2) is 36.9 Å². The first-order valence-corrected chi connectivity index (χ1v) is 11.3. The van der Waals surface area contributed by atoms with Gasteiger partial charge in [-0.2, -0.15) is 0 Å². The van der Waals surface area contributed by atoms with Crippen molar-refractivity contribution in [2.24, 2.45) is 5.92 Å². The summed E-state index contributed by atoms with van der Waals surface area (Å²) in [4.78, 5) is 14.1. The van der Waals surface area contributed by atoms with Crippen LogP contribution in [-0.4, -0.2) is 30.5 Å². The number of carbonyl (C=O) groups is 1. The van der Waals surface area contributed by atoms with Gasteiger partial charge in [0.25, 0.3) is 0 Å². The Hall–Kier alpha value is -1.61. The molecule has 2 atom stereocenters. The average molecular weight is 384 g/mol. The maximum absolute atomic E-state index is 11.4. The van der Waals surface area contributed by atoms with Crippen LogP contribution >= 0.6 is 0 Å². The van der Waals surface area contributed by atoms with Gasteiger partial charge in [-0.15, -0.1) is 6.58 Å². The molecular weight excluding hydrogens is 346 g/mol. The maximum Gasteiger partial charge on any atom is 0.308 e. The number of ether oxygens (including phenoxy) is 1. The molecule has 2 fully saturated rings. The van der Waals surface area contributed by atoms with E-state index in [0.29, 0.717) is 5.75 Å². The van der Waals surface area contributed by atoms with E-state index in [9.17, 15) is 4.79 Å². The molecule has 2 aliphatic rings. The van der Waals surface area contributed by atoms with E-state index in [4.69, 9.17) is 4.74 Å². The third-order valence-electron chi connectivity index (χ3n) is 6.84. The molecule has 1 saturated heterocycles. The molecule has 1 aliphatic carbocycles. The Morgan fingerprint density at radius 3 is 2.89 bits per heavy atom. The Bertz CT molecular complexity index is 656. The first-order valence-electron chi connectivity index (χ1n) is 11.3. The molecule has 1 aromatic rings. The zero-order valence-corrected chi connectivity index (χ0v) is 17.6. The number of benzene rings is 1. The second-order valence-electron chi connectivity index (χ2n) is 8.76. The smallest absolute Gasteiger partial charge is 0.308 e. The lowest BCUT2D eigenvalue weighted by molar-refractivity contribution is -0.131. The highest BCUT2D eigenvalue weighted by Crippen LogP contribution is 2.51. The summed E-state index contributed by atoms with van der Waals surface area (Å²) in [6.45, 7) is 8.99. The van der Waals surface area contributed by atoms with Crippen LogP contribution in [0.4, 0.5) is 0 Å². The summed E-state index contributed by atoms with van der Waals surface area (Å²) in [6, 6.07) is 8.36. The predicted octanol–water partition coefficient (Wildman–Crippen LogP) is 5.88. The number of unbranched alkanes of at least 4 members (excludes halogenated alkanes) is 4. The Kier molecular flexibility index (Phi) is 7.73. The molecular formula is C25H37NO2. The Balaban J connectivity index is 1.63. The minimum absolute atomic E-state index is 0.238. The zero-order valence-electron chi connectivity index (χ0n) is 17.6. The minimum Gasteiger partial charge on any atom is -0.427 e. The molecule has 3 rings (SSSR count). The van der Waals surface area contributed by atoms with E-state index in [1.165, 1.54) is 89.9 Å². The summed E-state index contributed by atoms with van der Waals surface area (Å²) < 4.78 is 5.38. The van der Waals surface area contributed by atoms with E-state index >= 15 is 0 Å². The minimum atomic E-state index is -0.238. The van der Waals surface area contributed by atoms with Crippen molar-refractivity contribution in [2.75, 3.05) is 19.6 Å². The number of nitrogens with zero attached hydrogens (tertiary/aromatic N) is 1. The van der Waals surface area contributed by atoms with E-state index in [1.807, 2.05) is 12.1 Å². The molecule has 3 nitrogen and oxygen atoms in total. The molecule has 1 saturated carbocycles. The lowest BCUT2D eigenvalue weighted by Gasteiger charge is -2.36. The summed E-state index contributed by atoms with van der Waals surface area (Å²) in [5.74, 6) is 1.19. The molecule has 3 heteroatoms. The first-order chi connectivity index (χ1) is 13.6. The van der Waals surface area contributed by atoms with Gasteiger partial charge in [-0.25, -0.2) is 0 Å². The van der Waals surface area contributed by atoms with Gasteiger partial charge in [0.15, 0.2) is 0 Å². The molecule has 154 valence electrons. The van der Waals surface area contributed by atoms with E-state index in [2.05, 4.69) is 29.7 Å². The third kappa shape index (κ3) is 5.26. The molecule has 1 aromatic carbocycles. The van der Waals surface area contributed by atoms with Crippen molar-refractivity contribution < 1.29 is 9.53 Å². The summed E-state index contributed by atoms with van der Waals surface area (Å²) in [6.07, 6.45) is 14.9. The Morgan fingerprint density at radius 2 is 2.07 bits per heavy atom. The van der Waals surface area contributed by atoms with Crippen molar-refractivity contribution in [3.63, 3.8) is 0 Å². The second kappa shape index (κ2) is 10.2. The number of likely N-dealkylation sites (tertiary alicyclic amines) is 1. The summed E-state index contributed by atoms with van der Waals surface area (Å²) in [5.41, 5.74) is 1.66. The number of carbonyl (C=O) groups excluding carboxylic acids is 1. The van der Waals surface area contributed by atoms with E-state index in [0.717, 1.165) is 12.3 Å². The highest BCUT2D eigenvalue weighted by atomic mass is 16.5. The van der Waals surface area contributed by atoms with Crippen LogP contribution in [0.25, 0.3) is 0 Å². The fourth-order valence-electron chi connectivity index (χ4n) is 5.50. The Labute approximate surface area is 171 Å². The van der Waals surface area contributed by atoms with Gasteiger partial charge in [-0.05, 0) is 87.1 Å². The zero-order chi connectivity index (χ0) is 19.8. The van der Waals surface area contributed by atoms with E-state index in [-0.39, 0.29) is 11.4 Å². The van der Waals surface area contributed by atoms with Crippen LogP contribution in [0.2, 0.25) is 0 Å². The average Bonchev–Trinajstić information content (AvgIpc) is 2.99. The van der Waals surface area contributed by atoms with Gasteiger partial charge >= 0.3 is 5.97 Å². The van der Waals surface area contributed by atoms with E-state index in [1.54, 1.807) is 0 Å². The van der Waals surface area contributed by atoms with Crippen molar-refractivity contribution in [1.82, 2.24) is 4.90 Å². The molecule has 0 N–H and O–H groups in total. The maximum atomic E-state index is 11.4. The van der Waals surface area contributed by atoms with Crippen LogP contribution in [0.3, 0.4) is 0 Å². The standard InChI is InChI=1S/C25H37NO2/c1-3-4-5-6-7-8-17-26-18-11-16-25(15-10-13-23(25)20-26)22-12-9-14-24(19-22)28-21(2)27/h3,9,12,14,19,23H,1,4-8,10-11,13,15-18,20H2,2H3. The number of hydrogen-bond donors (Lipinski definition) is 0. The number of hydrogen-bond acceptors (Lipinski definition) is 3. The summed E-state index contributed by atoms with van der Waals surface area (Å²) in [5, 5.41) is 0. The molecule has 0 amide bonds.